The fourth-order valence-electron chi connectivity index (χ4n) is 4.67. The normalized spacial score (nSPS) is 18.1. The second-order valence-electron chi connectivity index (χ2n) is 8.67. The van der Waals surface area contributed by atoms with Gasteiger partial charge in [0.1, 0.15) is 6.54 Å². The highest BCUT2D eigenvalue weighted by Gasteiger charge is 2.30. The van der Waals surface area contributed by atoms with E-state index in [1.807, 2.05) is 35.1 Å². The fourth-order valence-corrected chi connectivity index (χ4v) is 4.67. The summed E-state index contributed by atoms with van der Waals surface area (Å²) in [5.41, 5.74) is 3.88. The maximum Gasteiger partial charge on any atom is 0.276 e. The third-order valence-corrected chi connectivity index (χ3v) is 6.33. The molecule has 1 saturated heterocycles. The first-order valence-electron chi connectivity index (χ1n) is 11.1. The van der Waals surface area contributed by atoms with Crippen LogP contribution in [0, 0.1) is 6.92 Å². The maximum atomic E-state index is 13.0. The van der Waals surface area contributed by atoms with Crippen LogP contribution in [0.25, 0.3) is 0 Å². The molecule has 0 spiro atoms. The van der Waals surface area contributed by atoms with Crippen molar-refractivity contribution in [3.8, 4) is 0 Å². The van der Waals surface area contributed by atoms with Crippen molar-refractivity contribution in [2.45, 2.75) is 51.9 Å². The van der Waals surface area contributed by atoms with Crippen LogP contribution in [0.3, 0.4) is 0 Å². The number of likely N-dealkylation sites (tertiary alicyclic amines) is 1. The number of amides is 2. The number of carbonyl (C=O) groups is 2. The number of hydrogen-bond acceptors (Lipinski definition) is 5. The van der Waals surface area contributed by atoms with Gasteiger partial charge in [0.25, 0.3) is 5.91 Å². The quantitative estimate of drug-likeness (QED) is 0.611. The van der Waals surface area contributed by atoms with E-state index in [1.54, 1.807) is 21.8 Å². The molecule has 0 unspecified atom stereocenters. The average molecular weight is 434 g/mol. The smallest absolute Gasteiger partial charge is 0.276 e. The van der Waals surface area contributed by atoms with E-state index >= 15 is 0 Å². The van der Waals surface area contributed by atoms with Crippen molar-refractivity contribution in [3.05, 3.63) is 65.2 Å². The predicted octanol–water partition coefficient (Wildman–Crippen LogP) is 1.67. The highest BCUT2D eigenvalue weighted by Crippen LogP contribution is 2.21. The topological polar surface area (TPSA) is 89.2 Å². The van der Waals surface area contributed by atoms with E-state index in [0.717, 1.165) is 31.4 Å². The highest BCUT2D eigenvalue weighted by molar-refractivity contribution is 5.92. The summed E-state index contributed by atoms with van der Waals surface area (Å²) in [6, 6.07) is 8.28. The zero-order valence-electron chi connectivity index (χ0n) is 18.2. The Morgan fingerprint density at radius 3 is 2.75 bits per heavy atom. The van der Waals surface area contributed by atoms with Crippen LogP contribution in [-0.4, -0.2) is 65.5 Å². The Balaban J connectivity index is 1.22. The number of benzene rings is 1. The van der Waals surface area contributed by atoms with E-state index in [0.29, 0.717) is 25.3 Å². The lowest BCUT2D eigenvalue weighted by atomic mass is 10.00. The first-order valence-corrected chi connectivity index (χ1v) is 11.1. The molecule has 0 radical (unpaired) electrons. The van der Waals surface area contributed by atoms with Crippen LogP contribution in [0.4, 0.5) is 0 Å². The van der Waals surface area contributed by atoms with Gasteiger partial charge in [0.2, 0.25) is 5.91 Å². The SMILES string of the molecule is Cc1cnn(CC(=O)N2CCC[C@H]2Cn2cc(C(=O)N3CCc4ccccc4C3)nn2)c1. The van der Waals surface area contributed by atoms with Crippen molar-refractivity contribution >= 4 is 11.8 Å². The van der Waals surface area contributed by atoms with Crippen LogP contribution in [0.5, 0.6) is 0 Å². The van der Waals surface area contributed by atoms with Gasteiger partial charge in [-0.15, -0.1) is 5.10 Å². The van der Waals surface area contributed by atoms with Crippen LogP contribution >= 0.6 is 0 Å². The molecule has 0 saturated carbocycles. The van der Waals surface area contributed by atoms with Crippen molar-refractivity contribution in [3.63, 3.8) is 0 Å². The minimum atomic E-state index is -0.0980. The molecule has 166 valence electrons. The molecule has 1 atom stereocenters. The Bertz CT molecular complexity index is 1130. The molecule has 2 aliphatic rings. The number of fused-ring (bicyclic) bond motifs is 1. The largest absolute Gasteiger partial charge is 0.336 e. The van der Waals surface area contributed by atoms with Crippen LogP contribution in [0.2, 0.25) is 0 Å². The Kier molecular flexibility index (Phi) is 5.46. The molecule has 1 fully saturated rings. The maximum absolute atomic E-state index is 13.0. The van der Waals surface area contributed by atoms with E-state index in [9.17, 15) is 9.59 Å². The van der Waals surface area contributed by atoms with Gasteiger partial charge in [0.15, 0.2) is 5.69 Å². The molecule has 0 N–H and O–H groups in total. The molecular formula is C23H27N7O2. The molecule has 2 aromatic heterocycles. The first-order chi connectivity index (χ1) is 15.6. The molecule has 2 aliphatic heterocycles. The summed E-state index contributed by atoms with van der Waals surface area (Å²) >= 11 is 0. The van der Waals surface area contributed by atoms with Crippen molar-refractivity contribution in [1.82, 2.24) is 34.6 Å². The van der Waals surface area contributed by atoms with Crippen LogP contribution in [0.15, 0.2) is 42.9 Å². The van der Waals surface area contributed by atoms with Crippen molar-refractivity contribution in [1.29, 1.82) is 0 Å². The molecule has 9 nitrogen and oxygen atoms in total. The predicted molar refractivity (Wildman–Crippen MR) is 117 cm³/mol. The van der Waals surface area contributed by atoms with E-state index in [2.05, 4.69) is 27.5 Å². The molecule has 32 heavy (non-hydrogen) atoms. The summed E-state index contributed by atoms with van der Waals surface area (Å²) in [5.74, 6) is -0.0434. The summed E-state index contributed by atoms with van der Waals surface area (Å²) in [4.78, 5) is 29.5. The van der Waals surface area contributed by atoms with Gasteiger partial charge >= 0.3 is 0 Å². The Morgan fingerprint density at radius 2 is 1.94 bits per heavy atom. The summed E-state index contributed by atoms with van der Waals surface area (Å²) in [7, 11) is 0. The minimum absolute atomic E-state index is 0.0469. The molecule has 9 heteroatoms. The molecule has 0 bridgehead atoms. The molecule has 5 rings (SSSR count). The van der Waals surface area contributed by atoms with Gasteiger partial charge < -0.3 is 9.80 Å². The third kappa shape index (κ3) is 4.15. The van der Waals surface area contributed by atoms with Gasteiger partial charge in [-0.3, -0.25) is 14.3 Å². The van der Waals surface area contributed by atoms with Crippen LogP contribution < -0.4 is 0 Å². The lowest BCUT2D eigenvalue weighted by molar-refractivity contribution is -0.133. The summed E-state index contributed by atoms with van der Waals surface area (Å²) < 4.78 is 3.37. The van der Waals surface area contributed by atoms with Crippen molar-refractivity contribution in [2.24, 2.45) is 0 Å². The molecule has 4 heterocycles. The summed E-state index contributed by atoms with van der Waals surface area (Å²) in [6.45, 7) is 4.74. The van der Waals surface area contributed by atoms with Crippen LogP contribution in [0.1, 0.15) is 40.0 Å². The number of aromatic nitrogens is 5. The van der Waals surface area contributed by atoms with Gasteiger partial charge in [-0.05, 0) is 42.9 Å². The van der Waals surface area contributed by atoms with E-state index in [-0.39, 0.29) is 24.4 Å². The molecule has 3 aromatic rings. The summed E-state index contributed by atoms with van der Waals surface area (Å²) in [5, 5.41) is 12.5. The van der Waals surface area contributed by atoms with E-state index in [1.165, 1.54) is 11.1 Å². The molecular weight excluding hydrogens is 406 g/mol. The Labute approximate surface area is 186 Å². The minimum Gasteiger partial charge on any atom is -0.336 e. The number of carbonyl (C=O) groups excluding carboxylic acids is 2. The van der Waals surface area contributed by atoms with Gasteiger partial charge in [-0.1, -0.05) is 29.5 Å². The number of nitrogens with zero attached hydrogens (tertiary/aromatic N) is 7. The number of aryl methyl sites for hydroxylation is 1. The zero-order valence-corrected chi connectivity index (χ0v) is 18.2. The lowest BCUT2D eigenvalue weighted by Crippen LogP contribution is -2.40. The summed E-state index contributed by atoms with van der Waals surface area (Å²) in [6.07, 6.45) is 8.06. The van der Waals surface area contributed by atoms with Gasteiger partial charge in [-0.2, -0.15) is 5.10 Å². The second-order valence-corrected chi connectivity index (χ2v) is 8.67. The molecule has 2 amide bonds. The van der Waals surface area contributed by atoms with Gasteiger partial charge in [0, 0.05) is 25.8 Å². The fraction of sp³-hybridized carbons (Fsp3) is 0.435. The average Bonchev–Trinajstić information content (AvgIpc) is 3.55. The first kappa shape index (κ1) is 20.4. The van der Waals surface area contributed by atoms with Gasteiger partial charge in [-0.25, -0.2) is 4.68 Å². The van der Waals surface area contributed by atoms with Crippen molar-refractivity contribution < 1.29 is 9.59 Å². The third-order valence-electron chi connectivity index (χ3n) is 6.33. The molecule has 0 aliphatic carbocycles. The van der Waals surface area contributed by atoms with Crippen LogP contribution in [-0.2, 0) is 30.8 Å². The zero-order chi connectivity index (χ0) is 22.1. The van der Waals surface area contributed by atoms with E-state index in [4.69, 9.17) is 0 Å². The lowest BCUT2D eigenvalue weighted by Gasteiger charge is -2.28. The number of hydrogen-bond donors (Lipinski definition) is 0. The second kappa shape index (κ2) is 8.57. The Morgan fingerprint density at radius 1 is 1.09 bits per heavy atom. The molecule has 1 aromatic carbocycles. The Hall–Kier alpha value is -3.49. The monoisotopic (exact) mass is 433 g/mol. The van der Waals surface area contributed by atoms with Crippen molar-refractivity contribution in [2.75, 3.05) is 13.1 Å². The van der Waals surface area contributed by atoms with E-state index < -0.39 is 0 Å². The standard InChI is InChI=1S/C23H27N7O2/c1-17-11-24-28(12-17)16-22(31)30-9-4-7-20(30)14-29-15-21(25-26-29)23(32)27-10-8-18-5-2-3-6-19(18)13-27/h2-3,5-6,11-12,15,20H,4,7-10,13-14,16H2,1H3/t20-/m0/s1. The highest BCUT2D eigenvalue weighted by atomic mass is 16.2. The van der Waals surface area contributed by atoms with Gasteiger partial charge in [0.05, 0.1) is 25.0 Å². The number of rotatable bonds is 5.